The number of alkyl halides is 1. The number of carbonyl (C=O) groups is 3. The molecule has 4 aliphatic rings. The molecular weight excluding hydrogens is 1040 g/mol. The van der Waals surface area contributed by atoms with Crippen LogP contribution in [0.2, 0.25) is 12.6 Å². The molecular formula is C64H97B2BrN2O9. The van der Waals surface area contributed by atoms with Crippen molar-refractivity contribution < 1.29 is 42.8 Å². The molecule has 2 aromatic carbocycles. The molecule has 10 atom stereocenters. The van der Waals surface area contributed by atoms with E-state index in [0.29, 0.717) is 50.6 Å². The summed E-state index contributed by atoms with van der Waals surface area (Å²) in [4.78, 5) is 36.1. The number of unbranched alkanes of at least 4 members (excludes halogenated alkanes) is 6. The van der Waals surface area contributed by atoms with E-state index in [9.17, 15) is 19.5 Å². The minimum absolute atomic E-state index is 0.108. The van der Waals surface area contributed by atoms with Crippen LogP contribution in [0.5, 0.6) is 0 Å². The normalized spacial score (nSPS) is 23.5. The molecule has 4 bridgehead atoms. The summed E-state index contributed by atoms with van der Waals surface area (Å²) in [5, 5.41) is 17.3. The number of allylic oxidation sites excluding steroid dienone is 4. The predicted molar refractivity (Wildman–Crippen MR) is 322 cm³/mol. The van der Waals surface area contributed by atoms with E-state index < -0.39 is 6.10 Å². The minimum atomic E-state index is -0.460. The van der Waals surface area contributed by atoms with Gasteiger partial charge in [0.1, 0.15) is 6.10 Å². The second kappa shape index (κ2) is 38.8. The molecule has 3 N–H and O–H groups in total. The average molecular weight is 1140 g/mol. The summed E-state index contributed by atoms with van der Waals surface area (Å²) >= 11 is 3.47. The smallest absolute Gasteiger partial charge is 0.457 e. The molecule has 0 unspecified atom stereocenters. The van der Waals surface area contributed by atoms with Gasteiger partial charge in [-0.15, -0.1) is 0 Å². The van der Waals surface area contributed by atoms with Gasteiger partial charge in [-0.25, -0.2) is 0 Å². The van der Waals surface area contributed by atoms with E-state index in [1.54, 1.807) is 0 Å². The van der Waals surface area contributed by atoms with Crippen molar-refractivity contribution in [2.45, 2.75) is 218 Å². The number of rotatable bonds is 36. The van der Waals surface area contributed by atoms with Gasteiger partial charge in [0.2, 0.25) is 11.8 Å². The monoisotopic (exact) mass is 1140 g/mol. The summed E-state index contributed by atoms with van der Waals surface area (Å²) in [6.07, 6.45) is 38.6. The van der Waals surface area contributed by atoms with E-state index in [1.165, 1.54) is 11.1 Å². The number of benzene rings is 2. The largest absolute Gasteiger partial charge is 0.458 e. The fraction of sp³-hybridized carbons (Fsp3) is 0.641. The molecule has 2 aliphatic carbocycles. The Bertz CT molecular complexity index is 2080. The number of nitrogens with one attached hydrogen (secondary N) is 2. The Morgan fingerprint density at radius 3 is 1.59 bits per heavy atom. The first-order valence-electron chi connectivity index (χ1n) is 30.5. The van der Waals surface area contributed by atoms with Crippen LogP contribution in [0, 0.1) is 23.7 Å². The van der Waals surface area contributed by atoms with Crippen molar-refractivity contribution in [1.82, 2.24) is 10.6 Å². The molecule has 78 heavy (non-hydrogen) atoms. The van der Waals surface area contributed by atoms with E-state index in [-0.39, 0.29) is 74.4 Å². The molecule has 14 heteroatoms. The third kappa shape index (κ3) is 24.5. The molecule has 430 valence electrons. The lowest BCUT2D eigenvalue weighted by Crippen LogP contribution is -2.37. The van der Waals surface area contributed by atoms with Crippen LogP contribution in [-0.2, 0) is 50.6 Å². The summed E-state index contributed by atoms with van der Waals surface area (Å²) in [7, 11) is -0.249. The van der Waals surface area contributed by atoms with Crippen LogP contribution in [-0.4, -0.2) is 92.2 Å². The van der Waals surface area contributed by atoms with Gasteiger partial charge in [-0.05, 0) is 145 Å². The van der Waals surface area contributed by atoms with E-state index in [1.807, 2.05) is 44.2 Å². The second-order valence-corrected chi connectivity index (χ2v) is 22.6. The van der Waals surface area contributed by atoms with Gasteiger partial charge in [-0.3, -0.25) is 14.4 Å². The zero-order chi connectivity index (χ0) is 55.6. The third-order valence-corrected chi connectivity index (χ3v) is 16.2. The first-order valence-corrected chi connectivity index (χ1v) is 31.6. The number of carbonyl (C=O) groups excluding carboxylic acids is 3. The van der Waals surface area contributed by atoms with Crippen molar-refractivity contribution in [3.05, 3.63) is 120 Å². The van der Waals surface area contributed by atoms with Gasteiger partial charge in [-0.2, -0.15) is 0 Å². The molecule has 6 rings (SSSR count). The average Bonchev–Trinajstić information content (AvgIpc) is 3.84. The molecule has 2 heterocycles. The molecule has 2 saturated carbocycles. The zero-order valence-corrected chi connectivity index (χ0v) is 49.6. The maximum atomic E-state index is 12.8. The lowest BCUT2D eigenvalue weighted by atomic mass is 9.80. The Balaban J connectivity index is 0.000000293. The van der Waals surface area contributed by atoms with E-state index in [4.69, 9.17) is 23.4 Å². The number of ether oxygens (including phenoxy) is 1. The molecule has 11 nitrogen and oxygen atoms in total. The first kappa shape index (κ1) is 65.0. The van der Waals surface area contributed by atoms with Crippen LogP contribution in [0.1, 0.15) is 167 Å². The molecule has 2 saturated heterocycles. The van der Waals surface area contributed by atoms with Gasteiger partial charge >= 0.3 is 20.2 Å². The number of aliphatic hydroxyl groups is 1. The van der Waals surface area contributed by atoms with E-state index in [2.05, 4.69) is 119 Å². The molecule has 2 amide bonds. The van der Waals surface area contributed by atoms with Crippen molar-refractivity contribution in [2.75, 3.05) is 18.4 Å². The van der Waals surface area contributed by atoms with Crippen LogP contribution in [0.4, 0.5) is 0 Å². The maximum absolute atomic E-state index is 12.8. The Labute approximate surface area is 479 Å². The van der Waals surface area contributed by atoms with Crippen molar-refractivity contribution in [1.29, 1.82) is 0 Å². The Hall–Kier alpha value is -3.78. The van der Waals surface area contributed by atoms with Crippen molar-refractivity contribution in [2.24, 2.45) is 23.7 Å². The molecule has 0 spiro atoms. The van der Waals surface area contributed by atoms with E-state index in [0.717, 1.165) is 134 Å². The maximum Gasteiger partial charge on any atom is 0.457 e. The summed E-state index contributed by atoms with van der Waals surface area (Å²) in [6.45, 7) is 9.65. The van der Waals surface area contributed by atoms with Crippen LogP contribution in [0.25, 0.3) is 0 Å². The Morgan fingerprint density at radius 2 is 1.10 bits per heavy atom. The first-order chi connectivity index (χ1) is 38.1. The molecule has 2 aromatic rings. The highest BCUT2D eigenvalue weighted by atomic mass is 79.9. The Kier molecular flexibility index (Phi) is 32.3. The topological polar surface area (TPSA) is 142 Å². The molecule has 2 aliphatic heterocycles. The van der Waals surface area contributed by atoms with Gasteiger partial charge in [0, 0.05) is 61.7 Å². The number of halogens is 1. The summed E-state index contributed by atoms with van der Waals surface area (Å²) in [6, 6.07) is 20.7. The highest BCUT2D eigenvalue weighted by Crippen LogP contribution is 2.45. The zero-order valence-electron chi connectivity index (χ0n) is 48.0. The number of aliphatic hydroxyl groups excluding tert-OH is 1. The van der Waals surface area contributed by atoms with Crippen LogP contribution in [0.15, 0.2) is 109 Å². The van der Waals surface area contributed by atoms with Crippen molar-refractivity contribution in [3.63, 3.8) is 0 Å². The highest BCUT2D eigenvalue weighted by Gasteiger charge is 2.50. The molecule has 0 radical (unpaired) electrons. The van der Waals surface area contributed by atoms with Crippen molar-refractivity contribution >= 4 is 48.0 Å². The fourth-order valence-corrected chi connectivity index (χ4v) is 11.7. The van der Waals surface area contributed by atoms with Gasteiger partial charge in [0.05, 0.1) is 18.3 Å². The van der Waals surface area contributed by atoms with Crippen LogP contribution >= 0.6 is 15.9 Å². The van der Waals surface area contributed by atoms with Gasteiger partial charge in [0.25, 0.3) is 0 Å². The number of hydrogen-bond donors (Lipinski definition) is 3. The lowest BCUT2D eigenvalue weighted by molar-refractivity contribution is -0.147. The van der Waals surface area contributed by atoms with Gasteiger partial charge < -0.3 is 39.1 Å². The SMILES string of the molecule is CCCCB1O[C@H]2C[C@@H](O1)[C@H](/C=C/[C@@H](O)CCc1ccccc1)[C@H]2C/C=C\CCCC(=O)NCC.CCCCB1O[C@H]2C[C@@H](O1)[C@H](/C=C/[C@H](CCc1ccccc1)OC(=O)CCCCCBr)[C@H]2C/C=C\CCCC(=O)NCC. The quantitative estimate of drug-likeness (QED) is 0.0200. The fourth-order valence-electron chi connectivity index (χ4n) is 11.3. The molecule has 4 fully saturated rings. The standard InChI is InChI=1S/C35H53BBrNO5.C29H44BNO4/c1-3-5-25-36-42-32-27-33(43-36)31(30(32)18-12-6-7-13-19-34(39)38-4-2)24-23-29(22-21-28-16-10-8-11-17-28)41-35(40)20-14-9-15-26-37;1-3-5-21-30-34-27-22-28(35-30)26(20-19-24(32)18-17-23-13-9-8-10-14-23)25(27)15-11-6-7-12-16-29(33)31-4-2/h6,8,10-12,16-17,23-24,29-33H,3-5,7,9,13-15,18-22,25-27H2,1-2H3,(H,38,39);6,8-11,13-14,19-20,24-28,32H,3-5,7,12,15-18,21-22H2,1-2H3,(H,31,33)/b12-6-,24-23+;11-6-,20-19+/t29-,30+,31+,32-,33+;24-,25+,26+,27-,28+/m00/s1. The number of fused-ring (bicyclic) bond motifs is 4. The Morgan fingerprint density at radius 1 is 0.615 bits per heavy atom. The third-order valence-electron chi connectivity index (χ3n) is 15.6. The van der Waals surface area contributed by atoms with Crippen LogP contribution in [0.3, 0.4) is 0 Å². The van der Waals surface area contributed by atoms with E-state index >= 15 is 0 Å². The van der Waals surface area contributed by atoms with Crippen molar-refractivity contribution in [3.8, 4) is 0 Å². The molecule has 0 aromatic heterocycles. The lowest BCUT2D eigenvalue weighted by Gasteiger charge is -2.27. The predicted octanol–water partition coefficient (Wildman–Crippen LogP) is 13.5. The number of esters is 1. The highest BCUT2D eigenvalue weighted by molar-refractivity contribution is 9.09. The summed E-state index contributed by atoms with van der Waals surface area (Å²) in [5.74, 6) is 1.24. The minimum Gasteiger partial charge on any atom is -0.458 e. The number of hydrogen-bond acceptors (Lipinski definition) is 9. The number of aryl methyl sites for hydroxylation is 2. The van der Waals surface area contributed by atoms with Gasteiger partial charge in [-0.1, -0.05) is 165 Å². The van der Waals surface area contributed by atoms with Gasteiger partial charge in [0.15, 0.2) is 0 Å². The second-order valence-electron chi connectivity index (χ2n) is 21.8. The van der Waals surface area contributed by atoms with Crippen LogP contribution < -0.4 is 10.6 Å². The summed E-state index contributed by atoms with van der Waals surface area (Å²) < 4.78 is 31.7. The number of amides is 2. The summed E-state index contributed by atoms with van der Waals surface area (Å²) in [5.41, 5.74) is 2.50.